The molecule has 1 fully saturated rings. The van der Waals surface area contributed by atoms with E-state index in [0.717, 1.165) is 32.6 Å². The first-order valence-corrected chi connectivity index (χ1v) is 7.82. The maximum absolute atomic E-state index is 11.0. The molecular formula is C17H26N2O2. The highest BCUT2D eigenvalue weighted by Gasteiger charge is 2.22. The van der Waals surface area contributed by atoms with Gasteiger partial charge in [0.05, 0.1) is 5.92 Å². The number of carbonyl (C=O) groups is 1. The van der Waals surface area contributed by atoms with Gasteiger partial charge in [0.1, 0.15) is 0 Å². The Morgan fingerprint density at radius 1 is 1.14 bits per heavy atom. The zero-order valence-electron chi connectivity index (χ0n) is 13.0. The van der Waals surface area contributed by atoms with Gasteiger partial charge in [-0.3, -0.25) is 9.69 Å². The first kappa shape index (κ1) is 16.0. The Morgan fingerprint density at radius 3 is 2.52 bits per heavy atom. The summed E-state index contributed by atoms with van der Waals surface area (Å²) in [5, 5.41) is 9.03. The summed E-state index contributed by atoms with van der Waals surface area (Å²) >= 11 is 0. The van der Waals surface area contributed by atoms with E-state index in [1.165, 1.54) is 5.56 Å². The van der Waals surface area contributed by atoms with Crippen LogP contribution in [0, 0.1) is 5.92 Å². The summed E-state index contributed by atoms with van der Waals surface area (Å²) in [4.78, 5) is 15.8. The van der Waals surface area contributed by atoms with Crippen LogP contribution in [0.2, 0.25) is 0 Å². The molecule has 0 aromatic heterocycles. The number of hydrogen-bond donors (Lipinski definition) is 1. The minimum absolute atomic E-state index is 0.289. The third-order valence-corrected chi connectivity index (χ3v) is 4.41. The smallest absolute Gasteiger partial charge is 0.307 e. The third kappa shape index (κ3) is 4.55. The number of aliphatic carboxylic acids is 1. The number of rotatable bonds is 5. The molecule has 0 amide bonds. The van der Waals surface area contributed by atoms with E-state index >= 15 is 0 Å². The van der Waals surface area contributed by atoms with Crippen molar-refractivity contribution in [2.45, 2.75) is 26.3 Å². The first-order valence-electron chi connectivity index (χ1n) is 7.82. The minimum Gasteiger partial charge on any atom is -0.481 e. The molecule has 0 aliphatic carbocycles. The molecule has 1 N–H and O–H groups in total. The van der Waals surface area contributed by atoms with Gasteiger partial charge in [0, 0.05) is 32.2 Å². The van der Waals surface area contributed by atoms with Gasteiger partial charge < -0.3 is 10.0 Å². The SMILES string of the molecule is CC(CN1CCCN(C(C)c2ccccc2)CC1)C(=O)O. The van der Waals surface area contributed by atoms with Crippen LogP contribution in [0.3, 0.4) is 0 Å². The van der Waals surface area contributed by atoms with E-state index in [-0.39, 0.29) is 5.92 Å². The van der Waals surface area contributed by atoms with E-state index in [9.17, 15) is 4.79 Å². The lowest BCUT2D eigenvalue weighted by Gasteiger charge is -2.28. The quantitative estimate of drug-likeness (QED) is 0.905. The van der Waals surface area contributed by atoms with Crippen LogP contribution in [0.1, 0.15) is 31.9 Å². The normalized spacial score (nSPS) is 20.7. The second-order valence-corrected chi connectivity index (χ2v) is 6.02. The van der Waals surface area contributed by atoms with Gasteiger partial charge in [-0.1, -0.05) is 37.3 Å². The number of carboxylic acids is 1. The molecule has 2 rings (SSSR count). The molecule has 0 radical (unpaired) electrons. The molecule has 0 bridgehead atoms. The van der Waals surface area contributed by atoms with Gasteiger partial charge in [0.25, 0.3) is 0 Å². The molecule has 1 aliphatic heterocycles. The van der Waals surface area contributed by atoms with Crippen molar-refractivity contribution in [2.75, 3.05) is 32.7 Å². The van der Waals surface area contributed by atoms with Crippen molar-refractivity contribution in [2.24, 2.45) is 5.92 Å². The van der Waals surface area contributed by atoms with Gasteiger partial charge >= 0.3 is 5.97 Å². The van der Waals surface area contributed by atoms with Gasteiger partial charge in [-0.25, -0.2) is 0 Å². The minimum atomic E-state index is -0.700. The Morgan fingerprint density at radius 2 is 1.86 bits per heavy atom. The van der Waals surface area contributed by atoms with Crippen molar-refractivity contribution in [1.29, 1.82) is 0 Å². The van der Waals surface area contributed by atoms with E-state index in [0.29, 0.717) is 12.6 Å². The standard InChI is InChI=1S/C17H26N2O2/c1-14(17(20)21)13-18-9-6-10-19(12-11-18)15(2)16-7-4-3-5-8-16/h3-5,7-8,14-15H,6,9-13H2,1-2H3,(H,20,21). The van der Waals surface area contributed by atoms with Crippen molar-refractivity contribution in [3.05, 3.63) is 35.9 Å². The summed E-state index contributed by atoms with van der Waals surface area (Å²) in [6.45, 7) is 8.73. The zero-order chi connectivity index (χ0) is 15.2. The average molecular weight is 290 g/mol. The monoisotopic (exact) mass is 290 g/mol. The largest absolute Gasteiger partial charge is 0.481 e. The molecule has 2 atom stereocenters. The van der Waals surface area contributed by atoms with Crippen LogP contribution >= 0.6 is 0 Å². The predicted octanol–water partition coefficient (Wildman–Crippen LogP) is 2.48. The second-order valence-electron chi connectivity index (χ2n) is 6.02. The maximum atomic E-state index is 11.0. The lowest BCUT2D eigenvalue weighted by atomic mass is 10.1. The highest BCUT2D eigenvalue weighted by atomic mass is 16.4. The lowest BCUT2D eigenvalue weighted by molar-refractivity contribution is -0.141. The predicted molar refractivity (Wildman–Crippen MR) is 84.3 cm³/mol. The Balaban J connectivity index is 1.90. The van der Waals surface area contributed by atoms with Gasteiger partial charge in [-0.15, -0.1) is 0 Å². The molecule has 21 heavy (non-hydrogen) atoms. The average Bonchev–Trinajstić information content (AvgIpc) is 2.73. The highest BCUT2D eigenvalue weighted by Crippen LogP contribution is 2.21. The molecule has 0 saturated carbocycles. The Bertz CT molecular complexity index is 449. The van der Waals surface area contributed by atoms with Crippen LogP contribution in [0.25, 0.3) is 0 Å². The van der Waals surface area contributed by atoms with Gasteiger partial charge in [-0.2, -0.15) is 0 Å². The highest BCUT2D eigenvalue weighted by molar-refractivity contribution is 5.69. The molecular weight excluding hydrogens is 264 g/mol. The van der Waals surface area contributed by atoms with E-state index in [1.807, 2.05) is 6.07 Å². The molecule has 4 nitrogen and oxygen atoms in total. The summed E-state index contributed by atoms with van der Waals surface area (Å²) in [5.74, 6) is -0.989. The molecule has 1 saturated heterocycles. The second kappa shape index (κ2) is 7.57. The Labute approximate surface area is 127 Å². The molecule has 1 aromatic carbocycles. The van der Waals surface area contributed by atoms with Crippen molar-refractivity contribution in [3.63, 3.8) is 0 Å². The van der Waals surface area contributed by atoms with Crippen LogP contribution in [-0.2, 0) is 4.79 Å². The molecule has 2 unspecified atom stereocenters. The topological polar surface area (TPSA) is 43.8 Å². The lowest BCUT2D eigenvalue weighted by Crippen LogP contribution is -2.36. The zero-order valence-corrected chi connectivity index (χ0v) is 13.0. The summed E-state index contributed by atoms with van der Waals surface area (Å²) in [5.41, 5.74) is 1.35. The van der Waals surface area contributed by atoms with E-state index in [4.69, 9.17) is 5.11 Å². The molecule has 4 heteroatoms. The molecule has 1 aromatic rings. The summed E-state index contributed by atoms with van der Waals surface area (Å²) in [7, 11) is 0. The van der Waals surface area contributed by atoms with E-state index < -0.39 is 5.97 Å². The number of carboxylic acid groups (broad SMARTS) is 1. The van der Waals surface area contributed by atoms with Crippen LogP contribution in [0.15, 0.2) is 30.3 Å². The molecule has 0 spiro atoms. The number of benzene rings is 1. The van der Waals surface area contributed by atoms with Crippen LogP contribution in [-0.4, -0.2) is 53.6 Å². The molecule has 116 valence electrons. The van der Waals surface area contributed by atoms with Crippen molar-refractivity contribution >= 4 is 5.97 Å². The number of hydrogen-bond acceptors (Lipinski definition) is 3. The first-order chi connectivity index (χ1) is 10.1. The summed E-state index contributed by atoms with van der Waals surface area (Å²) in [6.07, 6.45) is 1.10. The van der Waals surface area contributed by atoms with Gasteiger partial charge in [0.15, 0.2) is 0 Å². The Hall–Kier alpha value is -1.39. The van der Waals surface area contributed by atoms with Crippen LogP contribution < -0.4 is 0 Å². The van der Waals surface area contributed by atoms with Crippen molar-refractivity contribution in [1.82, 2.24) is 9.80 Å². The molecule has 1 aliphatic rings. The number of nitrogens with zero attached hydrogens (tertiary/aromatic N) is 2. The van der Waals surface area contributed by atoms with E-state index in [2.05, 4.69) is 41.0 Å². The Kier molecular flexibility index (Phi) is 5.76. The summed E-state index contributed by atoms with van der Waals surface area (Å²) in [6, 6.07) is 11.0. The third-order valence-electron chi connectivity index (χ3n) is 4.41. The van der Waals surface area contributed by atoms with Crippen molar-refractivity contribution in [3.8, 4) is 0 Å². The van der Waals surface area contributed by atoms with Crippen LogP contribution in [0.5, 0.6) is 0 Å². The fraction of sp³-hybridized carbons (Fsp3) is 0.588. The van der Waals surface area contributed by atoms with Crippen LogP contribution in [0.4, 0.5) is 0 Å². The van der Waals surface area contributed by atoms with E-state index in [1.54, 1.807) is 6.92 Å². The fourth-order valence-corrected chi connectivity index (χ4v) is 2.97. The summed E-state index contributed by atoms with van der Waals surface area (Å²) < 4.78 is 0. The maximum Gasteiger partial charge on any atom is 0.307 e. The molecule has 1 heterocycles. The fourth-order valence-electron chi connectivity index (χ4n) is 2.97. The van der Waals surface area contributed by atoms with Gasteiger partial charge in [0.2, 0.25) is 0 Å². The van der Waals surface area contributed by atoms with Crippen molar-refractivity contribution < 1.29 is 9.90 Å². The van der Waals surface area contributed by atoms with Gasteiger partial charge in [-0.05, 0) is 25.5 Å².